The molecule has 3 aromatic carbocycles. The number of esters is 1. The van der Waals surface area contributed by atoms with Crippen LogP contribution in [0.1, 0.15) is 46.7 Å². The lowest BCUT2D eigenvalue weighted by atomic mass is 10.1. The molecule has 0 radical (unpaired) electrons. The van der Waals surface area contributed by atoms with E-state index in [-0.39, 0.29) is 12.6 Å². The summed E-state index contributed by atoms with van der Waals surface area (Å²) in [6.07, 6.45) is 2.86. The van der Waals surface area contributed by atoms with Gasteiger partial charge in [-0.3, -0.25) is 0 Å². The number of benzene rings is 3. The van der Waals surface area contributed by atoms with Gasteiger partial charge in [0.1, 0.15) is 18.1 Å². The molecule has 0 aliphatic carbocycles. The molecule has 0 spiro atoms. The summed E-state index contributed by atoms with van der Waals surface area (Å²) in [5.41, 5.74) is 6.49. The van der Waals surface area contributed by atoms with Crippen LogP contribution in [0.25, 0.3) is 16.6 Å². The lowest BCUT2D eigenvalue weighted by molar-refractivity contribution is 0.0527. The minimum atomic E-state index is -0.328. The fourth-order valence-corrected chi connectivity index (χ4v) is 4.51. The van der Waals surface area contributed by atoms with E-state index in [2.05, 4.69) is 46.1 Å². The summed E-state index contributed by atoms with van der Waals surface area (Å²) in [5, 5.41) is 9.31. The molecule has 0 atom stereocenters. The van der Waals surface area contributed by atoms with Gasteiger partial charge in [0.05, 0.1) is 24.1 Å². The Morgan fingerprint density at radius 1 is 0.946 bits per heavy atom. The second kappa shape index (κ2) is 10.7. The van der Waals surface area contributed by atoms with Gasteiger partial charge in [0.2, 0.25) is 0 Å². The molecule has 0 aliphatic heterocycles. The number of ether oxygens (including phenoxy) is 2. The average Bonchev–Trinajstić information content (AvgIpc) is 3.51. The Bertz CT molecular complexity index is 1520. The molecule has 0 saturated carbocycles. The second-order valence-electron chi connectivity index (χ2n) is 8.89. The van der Waals surface area contributed by atoms with E-state index in [1.165, 1.54) is 5.56 Å². The van der Waals surface area contributed by atoms with Crippen LogP contribution in [-0.4, -0.2) is 32.1 Å². The molecule has 2 aromatic heterocycles. The lowest BCUT2D eigenvalue weighted by Gasteiger charge is -2.09. The molecular formula is C30H30N4O3. The first-order chi connectivity index (χ1) is 18.1. The number of rotatable bonds is 9. The van der Waals surface area contributed by atoms with E-state index in [0.29, 0.717) is 30.2 Å². The number of carbonyl (C=O) groups is 1. The van der Waals surface area contributed by atoms with Gasteiger partial charge in [-0.05, 0) is 61.7 Å². The number of aromatic nitrogens is 4. The van der Waals surface area contributed by atoms with Crippen LogP contribution in [0.5, 0.6) is 5.75 Å². The van der Waals surface area contributed by atoms with Crippen molar-refractivity contribution in [3.63, 3.8) is 0 Å². The van der Waals surface area contributed by atoms with Gasteiger partial charge in [-0.15, -0.1) is 5.10 Å². The monoisotopic (exact) mass is 494 g/mol. The van der Waals surface area contributed by atoms with Crippen molar-refractivity contribution in [1.29, 1.82) is 0 Å². The minimum Gasteiger partial charge on any atom is -0.487 e. The third-order valence-electron chi connectivity index (χ3n) is 6.49. The molecule has 0 amide bonds. The summed E-state index contributed by atoms with van der Waals surface area (Å²) in [4.78, 5) is 12.9. The molecular weight excluding hydrogens is 464 g/mol. The van der Waals surface area contributed by atoms with E-state index < -0.39 is 0 Å². The Balaban J connectivity index is 1.40. The molecule has 0 fully saturated rings. The predicted octanol–water partition coefficient (Wildman–Crippen LogP) is 5.90. The predicted molar refractivity (Wildman–Crippen MR) is 143 cm³/mol. The van der Waals surface area contributed by atoms with Crippen molar-refractivity contribution >= 4 is 16.9 Å². The maximum Gasteiger partial charge on any atom is 0.340 e. The largest absolute Gasteiger partial charge is 0.487 e. The number of hydrogen-bond acceptors (Lipinski definition) is 5. The van der Waals surface area contributed by atoms with E-state index >= 15 is 0 Å². The van der Waals surface area contributed by atoms with Gasteiger partial charge in [-0.1, -0.05) is 54.6 Å². The average molecular weight is 495 g/mol. The number of aryl methyl sites for hydroxylation is 1. The van der Waals surface area contributed by atoms with E-state index in [9.17, 15) is 4.79 Å². The summed E-state index contributed by atoms with van der Waals surface area (Å²) in [5.74, 6) is 0.322. The van der Waals surface area contributed by atoms with Crippen LogP contribution in [0.3, 0.4) is 0 Å². The molecule has 37 heavy (non-hydrogen) atoms. The maximum atomic E-state index is 12.9. The minimum absolute atomic E-state index is 0.261. The molecule has 0 bridgehead atoms. The van der Waals surface area contributed by atoms with Crippen molar-refractivity contribution in [2.24, 2.45) is 0 Å². The SMILES string of the molecule is CCOC(=O)c1c(C)n(Cc2ccccc2)c2ccc(OCc3cn(-c4ccc(CC)cc4)nn3)cc12. The number of carbonyl (C=O) groups excluding carboxylic acids is 1. The standard InChI is InChI=1S/C30H30N4O3/c1-4-22-11-13-25(14-12-22)34-19-24(31-32-34)20-37-26-15-16-28-27(17-26)29(30(35)36-5-2)21(3)33(28)18-23-9-7-6-8-10-23/h6-17,19H,4-5,18,20H2,1-3H3. The summed E-state index contributed by atoms with van der Waals surface area (Å²) >= 11 is 0. The van der Waals surface area contributed by atoms with E-state index in [1.807, 2.05) is 68.6 Å². The van der Waals surface area contributed by atoms with Crippen molar-refractivity contribution in [3.8, 4) is 11.4 Å². The van der Waals surface area contributed by atoms with Crippen LogP contribution in [0.4, 0.5) is 0 Å². The molecule has 0 aliphatic rings. The van der Waals surface area contributed by atoms with Crippen molar-refractivity contribution in [2.75, 3.05) is 6.61 Å². The zero-order valence-electron chi connectivity index (χ0n) is 21.3. The van der Waals surface area contributed by atoms with E-state index in [1.54, 1.807) is 4.68 Å². The zero-order valence-corrected chi connectivity index (χ0v) is 21.3. The van der Waals surface area contributed by atoms with Crippen molar-refractivity contribution in [3.05, 3.63) is 107 Å². The number of nitrogens with zero attached hydrogens (tertiary/aromatic N) is 4. The molecule has 2 heterocycles. The van der Waals surface area contributed by atoms with Crippen LogP contribution in [-0.2, 0) is 24.3 Å². The first kappa shape index (κ1) is 24.3. The van der Waals surface area contributed by atoms with Gasteiger partial charge in [0.25, 0.3) is 0 Å². The first-order valence-corrected chi connectivity index (χ1v) is 12.5. The number of fused-ring (bicyclic) bond motifs is 1. The second-order valence-corrected chi connectivity index (χ2v) is 8.89. The highest BCUT2D eigenvalue weighted by Crippen LogP contribution is 2.31. The summed E-state index contributed by atoms with van der Waals surface area (Å²) in [6, 6.07) is 24.3. The third kappa shape index (κ3) is 5.11. The highest BCUT2D eigenvalue weighted by molar-refractivity contribution is 6.06. The smallest absolute Gasteiger partial charge is 0.340 e. The van der Waals surface area contributed by atoms with Crippen molar-refractivity contribution in [1.82, 2.24) is 19.6 Å². The normalized spacial score (nSPS) is 11.1. The van der Waals surface area contributed by atoms with Crippen LogP contribution in [0.2, 0.25) is 0 Å². The highest BCUT2D eigenvalue weighted by atomic mass is 16.5. The van der Waals surface area contributed by atoms with Crippen LogP contribution in [0.15, 0.2) is 79.0 Å². The molecule has 0 N–H and O–H groups in total. The van der Waals surface area contributed by atoms with Gasteiger partial charge < -0.3 is 14.0 Å². The quantitative estimate of drug-likeness (QED) is 0.239. The van der Waals surface area contributed by atoms with Crippen LogP contribution < -0.4 is 4.74 Å². The third-order valence-corrected chi connectivity index (χ3v) is 6.49. The molecule has 5 aromatic rings. The summed E-state index contributed by atoms with van der Waals surface area (Å²) in [6.45, 7) is 7.14. The molecule has 0 saturated heterocycles. The Labute approximate surface area is 216 Å². The molecule has 7 nitrogen and oxygen atoms in total. The lowest BCUT2D eigenvalue weighted by Crippen LogP contribution is -2.08. The Hall–Kier alpha value is -4.39. The van der Waals surface area contributed by atoms with Gasteiger partial charge in [0.15, 0.2) is 0 Å². The van der Waals surface area contributed by atoms with Gasteiger partial charge >= 0.3 is 5.97 Å². The van der Waals surface area contributed by atoms with E-state index in [4.69, 9.17) is 9.47 Å². The van der Waals surface area contributed by atoms with E-state index in [0.717, 1.165) is 34.3 Å². The Morgan fingerprint density at radius 2 is 1.73 bits per heavy atom. The van der Waals surface area contributed by atoms with Crippen molar-refractivity contribution in [2.45, 2.75) is 40.3 Å². The van der Waals surface area contributed by atoms with Crippen molar-refractivity contribution < 1.29 is 14.3 Å². The van der Waals surface area contributed by atoms with Gasteiger partial charge in [-0.2, -0.15) is 0 Å². The molecule has 0 unspecified atom stereocenters. The van der Waals surface area contributed by atoms with Gasteiger partial charge in [0, 0.05) is 23.1 Å². The fourth-order valence-electron chi connectivity index (χ4n) is 4.51. The fraction of sp³-hybridized carbons (Fsp3) is 0.233. The summed E-state index contributed by atoms with van der Waals surface area (Å²) < 4.78 is 15.4. The zero-order chi connectivity index (χ0) is 25.8. The topological polar surface area (TPSA) is 71.2 Å². The molecule has 5 rings (SSSR count). The molecule has 188 valence electrons. The van der Waals surface area contributed by atoms with Gasteiger partial charge in [-0.25, -0.2) is 9.48 Å². The number of hydrogen-bond donors (Lipinski definition) is 0. The Kier molecular flexibility index (Phi) is 7.03. The van der Waals surface area contributed by atoms with Crippen LogP contribution >= 0.6 is 0 Å². The maximum absolute atomic E-state index is 12.9. The Morgan fingerprint density at radius 3 is 2.46 bits per heavy atom. The first-order valence-electron chi connectivity index (χ1n) is 12.5. The van der Waals surface area contributed by atoms with Crippen LogP contribution in [0, 0.1) is 6.92 Å². The summed E-state index contributed by atoms with van der Waals surface area (Å²) in [7, 11) is 0. The molecule has 7 heteroatoms. The highest BCUT2D eigenvalue weighted by Gasteiger charge is 2.22.